The molecule has 4 nitrogen and oxygen atoms in total. The molecular formula is C9H14N2O2. The highest BCUT2D eigenvalue weighted by atomic mass is 16.5. The zero-order valence-electron chi connectivity index (χ0n) is 7.75. The third-order valence-electron chi connectivity index (χ3n) is 2.33. The Bertz CT molecular complexity index is 334. The molecule has 0 aliphatic carbocycles. The van der Waals surface area contributed by atoms with E-state index in [0.29, 0.717) is 6.54 Å². The van der Waals surface area contributed by atoms with E-state index in [1.807, 2.05) is 6.92 Å². The van der Waals surface area contributed by atoms with Crippen molar-refractivity contribution in [2.75, 3.05) is 6.61 Å². The number of hydrogen-bond acceptors (Lipinski definition) is 2. The van der Waals surface area contributed by atoms with Crippen LogP contribution in [0.4, 0.5) is 0 Å². The van der Waals surface area contributed by atoms with Gasteiger partial charge in [0.2, 0.25) is 0 Å². The van der Waals surface area contributed by atoms with Gasteiger partial charge >= 0.3 is 0 Å². The second-order valence-electron chi connectivity index (χ2n) is 3.52. The normalized spacial score (nSPS) is 22.4. The van der Waals surface area contributed by atoms with Crippen LogP contribution in [0.15, 0.2) is 10.9 Å². The number of aryl methyl sites for hydroxylation is 1. The predicted molar refractivity (Wildman–Crippen MR) is 48.8 cm³/mol. The van der Waals surface area contributed by atoms with Crippen LogP contribution in [0.3, 0.4) is 0 Å². The molecule has 1 saturated heterocycles. The number of aromatic nitrogens is 2. The standard InChI is InChI=1S/C9H14N2O2/c1-7-5-9(12)11(10-7)6-8-3-2-4-13-8/h5,8,10H,2-4,6H2,1H3/t8-/m1/s1. The monoisotopic (exact) mass is 182 g/mol. The van der Waals surface area contributed by atoms with Crippen LogP contribution in [0.25, 0.3) is 0 Å². The molecule has 2 heterocycles. The molecule has 2 rings (SSSR count). The molecule has 1 aromatic heterocycles. The topological polar surface area (TPSA) is 47.0 Å². The van der Waals surface area contributed by atoms with Crippen molar-refractivity contribution in [2.24, 2.45) is 0 Å². The lowest BCUT2D eigenvalue weighted by atomic mass is 10.2. The average Bonchev–Trinajstić information content (AvgIpc) is 2.63. The quantitative estimate of drug-likeness (QED) is 0.730. The lowest BCUT2D eigenvalue weighted by Crippen LogP contribution is -2.24. The van der Waals surface area contributed by atoms with E-state index in [1.54, 1.807) is 10.7 Å². The molecule has 1 fully saturated rings. The lowest BCUT2D eigenvalue weighted by Gasteiger charge is -2.08. The third-order valence-corrected chi connectivity index (χ3v) is 2.33. The van der Waals surface area contributed by atoms with Crippen LogP contribution in [-0.2, 0) is 11.3 Å². The molecule has 13 heavy (non-hydrogen) atoms. The van der Waals surface area contributed by atoms with Gasteiger partial charge in [-0.1, -0.05) is 0 Å². The fourth-order valence-corrected chi connectivity index (χ4v) is 1.69. The van der Waals surface area contributed by atoms with E-state index in [0.717, 1.165) is 25.1 Å². The maximum atomic E-state index is 11.3. The summed E-state index contributed by atoms with van der Waals surface area (Å²) < 4.78 is 7.06. The number of ether oxygens (including phenoxy) is 1. The Morgan fingerprint density at radius 2 is 2.62 bits per heavy atom. The van der Waals surface area contributed by atoms with Gasteiger partial charge in [-0.05, 0) is 19.8 Å². The maximum absolute atomic E-state index is 11.3. The van der Waals surface area contributed by atoms with Crippen molar-refractivity contribution < 1.29 is 4.74 Å². The highest BCUT2D eigenvalue weighted by molar-refractivity contribution is 4.95. The molecule has 0 radical (unpaired) electrons. The first kappa shape index (κ1) is 8.56. The van der Waals surface area contributed by atoms with Crippen LogP contribution >= 0.6 is 0 Å². The smallest absolute Gasteiger partial charge is 0.266 e. The van der Waals surface area contributed by atoms with Crippen molar-refractivity contribution in [1.29, 1.82) is 0 Å². The van der Waals surface area contributed by atoms with E-state index in [4.69, 9.17) is 4.74 Å². The average molecular weight is 182 g/mol. The van der Waals surface area contributed by atoms with Gasteiger partial charge in [0, 0.05) is 18.4 Å². The molecule has 0 saturated carbocycles. The summed E-state index contributed by atoms with van der Waals surface area (Å²) in [5.41, 5.74) is 0.941. The number of nitrogens with zero attached hydrogens (tertiary/aromatic N) is 1. The Morgan fingerprint density at radius 1 is 1.77 bits per heavy atom. The Labute approximate surface area is 76.5 Å². The van der Waals surface area contributed by atoms with E-state index >= 15 is 0 Å². The summed E-state index contributed by atoms with van der Waals surface area (Å²) in [5, 5.41) is 3.00. The van der Waals surface area contributed by atoms with Gasteiger partial charge in [0.1, 0.15) is 0 Å². The molecule has 1 aromatic rings. The SMILES string of the molecule is Cc1cc(=O)n(C[C@H]2CCCO2)[nH]1. The number of H-pyrrole nitrogens is 1. The zero-order chi connectivity index (χ0) is 9.26. The molecule has 1 aliphatic rings. The summed E-state index contributed by atoms with van der Waals surface area (Å²) in [4.78, 5) is 11.3. The first-order chi connectivity index (χ1) is 6.25. The lowest BCUT2D eigenvalue weighted by molar-refractivity contribution is 0.0931. The summed E-state index contributed by atoms with van der Waals surface area (Å²) >= 11 is 0. The zero-order valence-corrected chi connectivity index (χ0v) is 7.75. The van der Waals surface area contributed by atoms with Gasteiger partial charge in [-0.25, -0.2) is 0 Å². The van der Waals surface area contributed by atoms with Crippen molar-refractivity contribution in [3.63, 3.8) is 0 Å². The fraction of sp³-hybridized carbons (Fsp3) is 0.667. The van der Waals surface area contributed by atoms with Crippen LogP contribution in [0.2, 0.25) is 0 Å². The molecule has 0 spiro atoms. The molecule has 1 aliphatic heterocycles. The number of rotatable bonds is 2. The van der Waals surface area contributed by atoms with Gasteiger partial charge in [0.05, 0.1) is 12.6 Å². The first-order valence-corrected chi connectivity index (χ1v) is 4.64. The van der Waals surface area contributed by atoms with E-state index in [9.17, 15) is 4.79 Å². The van der Waals surface area contributed by atoms with Crippen molar-refractivity contribution >= 4 is 0 Å². The van der Waals surface area contributed by atoms with Gasteiger partial charge in [0.15, 0.2) is 0 Å². The van der Waals surface area contributed by atoms with Crippen LogP contribution in [0, 0.1) is 6.92 Å². The Balaban J connectivity index is 2.08. The van der Waals surface area contributed by atoms with E-state index < -0.39 is 0 Å². The number of nitrogens with one attached hydrogen (secondary N) is 1. The molecular weight excluding hydrogens is 168 g/mol. The second-order valence-corrected chi connectivity index (χ2v) is 3.52. The van der Waals surface area contributed by atoms with Crippen molar-refractivity contribution in [2.45, 2.75) is 32.4 Å². The third kappa shape index (κ3) is 1.83. The largest absolute Gasteiger partial charge is 0.376 e. The minimum absolute atomic E-state index is 0.0352. The summed E-state index contributed by atoms with van der Waals surface area (Å²) in [6.07, 6.45) is 2.39. The predicted octanol–water partition coefficient (Wildman–Crippen LogP) is 0.664. The fourth-order valence-electron chi connectivity index (χ4n) is 1.69. The van der Waals surface area contributed by atoms with Gasteiger partial charge in [-0.3, -0.25) is 14.6 Å². The summed E-state index contributed by atoms with van der Waals surface area (Å²) in [6, 6.07) is 1.61. The highest BCUT2D eigenvalue weighted by Crippen LogP contribution is 2.12. The van der Waals surface area contributed by atoms with Gasteiger partial charge in [-0.15, -0.1) is 0 Å². The molecule has 0 unspecified atom stereocenters. The van der Waals surface area contributed by atoms with Gasteiger partial charge in [-0.2, -0.15) is 0 Å². The van der Waals surface area contributed by atoms with Gasteiger partial charge in [0.25, 0.3) is 5.56 Å². The molecule has 0 bridgehead atoms. The van der Waals surface area contributed by atoms with Crippen LogP contribution in [-0.4, -0.2) is 22.5 Å². The highest BCUT2D eigenvalue weighted by Gasteiger charge is 2.16. The molecule has 1 atom stereocenters. The van der Waals surface area contributed by atoms with E-state index in [2.05, 4.69) is 5.10 Å². The second kappa shape index (κ2) is 3.38. The van der Waals surface area contributed by atoms with Crippen LogP contribution in [0.1, 0.15) is 18.5 Å². The number of aromatic amines is 1. The summed E-state index contributed by atoms with van der Waals surface area (Å²) in [5.74, 6) is 0. The molecule has 1 N–H and O–H groups in total. The minimum atomic E-state index is 0.0352. The molecule has 4 heteroatoms. The molecule has 0 aromatic carbocycles. The van der Waals surface area contributed by atoms with Gasteiger partial charge < -0.3 is 4.74 Å². The van der Waals surface area contributed by atoms with Crippen molar-refractivity contribution in [1.82, 2.24) is 9.78 Å². The van der Waals surface area contributed by atoms with Crippen LogP contribution < -0.4 is 5.56 Å². The van der Waals surface area contributed by atoms with Crippen molar-refractivity contribution in [3.05, 3.63) is 22.1 Å². The van der Waals surface area contributed by atoms with Crippen LogP contribution in [0.5, 0.6) is 0 Å². The molecule has 0 amide bonds. The molecule has 72 valence electrons. The first-order valence-electron chi connectivity index (χ1n) is 4.64. The maximum Gasteiger partial charge on any atom is 0.266 e. The van der Waals surface area contributed by atoms with E-state index in [1.165, 1.54) is 0 Å². The van der Waals surface area contributed by atoms with Crippen molar-refractivity contribution in [3.8, 4) is 0 Å². The summed E-state index contributed by atoms with van der Waals surface area (Å²) in [6.45, 7) is 3.37. The Morgan fingerprint density at radius 3 is 3.15 bits per heavy atom. The van der Waals surface area contributed by atoms with E-state index in [-0.39, 0.29) is 11.7 Å². The number of hydrogen-bond donors (Lipinski definition) is 1. The Kier molecular flexibility index (Phi) is 2.22. The summed E-state index contributed by atoms with van der Waals surface area (Å²) in [7, 11) is 0. The minimum Gasteiger partial charge on any atom is -0.376 e. The Hall–Kier alpha value is -1.03.